The van der Waals surface area contributed by atoms with Gasteiger partial charge in [0, 0.05) is 41.5 Å². The molecule has 0 spiro atoms. The lowest BCUT2D eigenvalue weighted by Crippen LogP contribution is -2.10. The van der Waals surface area contributed by atoms with Crippen molar-refractivity contribution in [2.24, 2.45) is 0 Å². The minimum Gasteiger partial charge on any atom is -0.383 e. The minimum absolute atomic E-state index is 0.160. The van der Waals surface area contributed by atoms with Gasteiger partial charge in [-0.15, -0.1) is 0 Å². The zero-order valence-corrected chi connectivity index (χ0v) is 17.6. The van der Waals surface area contributed by atoms with E-state index in [1.165, 1.54) is 17.1 Å². The maximum atomic E-state index is 14.2. The molecule has 34 heavy (non-hydrogen) atoms. The molecule has 0 aliphatic rings. The van der Waals surface area contributed by atoms with Crippen LogP contribution < -0.4 is 5.73 Å². The molecule has 4 heterocycles. The molecular formula is C22H16F4N8. The second-order valence-corrected chi connectivity index (χ2v) is 7.55. The van der Waals surface area contributed by atoms with Gasteiger partial charge in [0.05, 0.1) is 17.6 Å². The van der Waals surface area contributed by atoms with E-state index in [9.17, 15) is 17.6 Å². The number of fused-ring (bicyclic) bond motifs is 1. The predicted octanol–water partition coefficient (Wildman–Crippen LogP) is 4.42. The highest BCUT2D eigenvalue weighted by molar-refractivity contribution is 6.00. The summed E-state index contributed by atoms with van der Waals surface area (Å²) in [6.45, 7) is 1.88. The Balaban J connectivity index is 1.59. The molecule has 0 aliphatic heterocycles. The molecule has 172 valence electrons. The van der Waals surface area contributed by atoms with E-state index in [0.29, 0.717) is 27.8 Å². The lowest BCUT2D eigenvalue weighted by atomic mass is 10.1. The molecule has 0 aliphatic carbocycles. The highest BCUT2D eigenvalue weighted by atomic mass is 19.4. The van der Waals surface area contributed by atoms with Crippen molar-refractivity contribution in [3.63, 3.8) is 0 Å². The van der Waals surface area contributed by atoms with Gasteiger partial charge in [0.2, 0.25) is 5.82 Å². The van der Waals surface area contributed by atoms with Gasteiger partial charge < -0.3 is 10.3 Å². The Morgan fingerprint density at radius 3 is 2.41 bits per heavy atom. The van der Waals surface area contributed by atoms with Gasteiger partial charge in [0.15, 0.2) is 0 Å². The van der Waals surface area contributed by atoms with E-state index in [4.69, 9.17) is 5.73 Å². The minimum atomic E-state index is -4.65. The van der Waals surface area contributed by atoms with Crippen LogP contribution in [0.2, 0.25) is 0 Å². The third-order valence-electron chi connectivity index (χ3n) is 5.46. The normalized spacial score (nSPS) is 12.9. The number of benzene rings is 1. The van der Waals surface area contributed by atoms with Crippen molar-refractivity contribution in [3.05, 3.63) is 78.8 Å². The monoisotopic (exact) mass is 468 g/mol. The van der Waals surface area contributed by atoms with Gasteiger partial charge in [0.1, 0.15) is 29.3 Å². The molecule has 1 unspecified atom stereocenters. The second kappa shape index (κ2) is 7.90. The van der Waals surface area contributed by atoms with E-state index in [0.717, 1.165) is 18.0 Å². The van der Waals surface area contributed by atoms with Crippen molar-refractivity contribution in [2.75, 3.05) is 5.73 Å². The van der Waals surface area contributed by atoms with Crippen LogP contribution in [0.1, 0.15) is 24.4 Å². The quantitative estimate of drug-likeness (QED) is 0.392. The van der Waals surface area contributed by atoms with Crippen LogP contribution in [0.3, 0.4) is 0 Å². The molecule has 0 saturated carbocycles. The summed E-state index contributed by atoms with van der Waals surface area (Å²) in [5.74, 6) is -1.49. The first-order valence-electron chi connectivity index (χ1n) is 10.0. The number of nitrogens with two attached hydrogens (primary N) is 1. The number of alkyl halides is 3. The summed E-state index contributed by atoms with van der Waals surface area (Å²) in [5.41, 5.74) is 8.42. The van der Waals surface area contributed by atoms with Crippen LogP contribution in [0.5, 0.6) is 0 Å². The Morgan fingerprint density at radius 2 is 1.71 bits per heavy atom. The van der Waals surface area contributed by atoms with E-state index in [-0.39, 0.29) is 11.9 Å². The summed E-state index contributed by atoms with van der Waals surface area (Å²) in [5, 5.41) is 4.73. The number of para-hydroxylation sites is 1. The Hall–Kier alpha value is -4.35. The second-order valence-electron chi connectivity index (χ2n) is 7.55. The van der Waals surface area contributed by atoms with Crippen LogP contribution in [-0.2, 0) is 6.18 Å². The van der Waals surface area contributed by atoms with Crippen LogP contribution >= 0.6 is 0 Å². The van der Waals surface area contributed by atoms with Gasteiger partial charge in [-0.25, -0.2) is 29.0 Å². The van der Waals surface area contributed by atoms with E-state index < -0.39 is 17.8 Å². The summed E-state index contributed by atoms with van der Waals surface area (Å²) in [7, 11) is 0. The molecule has 0 saturated heterocycles. The van der Waals surface area contributed by atoms with Gasteiger partial charge in [-0.1, -0.05) is 12.1 Å². The number of hydrogen-bond acceptors (Lipinski definition) is 6. The van der Waals surface area contributed by atoms with Gasteiger partial charge in [-0.2, -0.15) is 18.3 Å². The highest BCUT2D eigenvalue weighted by Gasteiger charge is 2.34. The number of halogens is 4. The molecule has 0 radical (unpaired) electrons. The average Bonchev–Trinajstić information content (AvgIpc) is 3.45. The summed E-state index contributed by atoms with van der Waals surface area (Å²) in [6, 6.07) is 5.92. The highest BCUT2D eigenvalue weighted by Crippen LogP contribution is 2.36. The van der Waals surface area contributed by atoms with Crippen molar-refractivity contribution < 1.29 is 17.6 Å². The van der Waals surface area contributed by atoms with Gasteiger partial charge >= 0.3 is 6.18 Å². The molecule has 12 heteroatoms. The Morgan fingerprint density at radius 1 is 0.971 bits per heavy atom. The maximum Gasteiger partial charge on any atom is 0.451 e. The largest absolute Gasteiger partial charge is 0.451 e. The van der Waals surface area contributed by atoms with Crippen molar-refractivity contribution >= 4 is 16.9 Å². The zero-order valence-electron chi connectivity index (χ0n) is 17.6. The maximum absolute atomic E-state index is 14.2. The number of nitrogens with zero attached hydrogens (tertiary/aromatic N) is 7. The molecule has 5 aromatic rings. The van der Waals surface area contributed by atoms with Crippen molar-refractivity contribution in [2.45, 2.75) is 19.1 Å². The van der Waals surface area contributed by atoms with Gasteiger partial charge in [0.25, 0.3) is 0 Å². The SMILES string of the molecule is CC(c1cnn(-c2ccccc2F)c1)n1cc(-c2cnc(C(F)(F)F)nc2)c2c(N)ncnc21. The van der Waals surface area contributed by atoms with Crippen LogP contribution in [0.15, 0.2) is 61.6 Å². The number of anilines is 1. The first-order chi connectivity index (χ1) is 16.2. The fourth-order valence-corrected chi connectivity index (χ4v) is 3.72. The summed E-state index contributed by atoms with van der Waals surface area (Å²) >= 11 is 0. The lowest BCUT2D eigenvalue weighted by Gasteiger charge is -2.13. The van der Waals surface area contributed by atoms with Crippen molar-refractivity contribution in [1.82, 2.24) is 34.3 Å². The molecule has 4 aromatic heterocycles. The van der Waals surface area contributed by atoms with Crippen LogP contribution in [-0.4, -0.2) is 34.3 Å². The number of hydrogen-bond donors (Lipinski definition) is 1. The Kier molecular flexibility index (Phi) is 5.00. The standard InChI is InChI=1S/C22H16F4N8/c1-12(14-8-32-34(9-14)17-5-3-2-4-16(17)23)33-10-15(18-19(27)30-11-31-20(18)33)13-6-28-21(29-7-13)22(24,25)26/h2-12H,1H3,(H2,27,30,31). The molecule has 1 aromatic carbocycles. The number of nitrogen functional groups attached to an aromatic ring is 1. The molecule has 0 bridgehead atoms. The zero-order chi connectivity index (χ0) is 24.0. The fourth-order valence-electron chi connectivity index (χ4n) is 3.72. The first kappa shape index (κ1) is 21.5. The third kappa shape index (κ3) is 3.62. The molecule has 2 N–H and O–H groups in total. The number of aromatic nitrogens is 7. The van der Waals surface area contributed by atoms with E-state index in [1.807, 2.05) is 6.92 Å². The Bertz CT molecular complexity index is 1490. The third-order valence-corrected chi connectivity index (χ3v) is 5.46. The van der Waals surface area contributed by atoms with Crippen molar-refractivity contribution in [3.8, 4) is 16.8 Å². The smallest absolute Gasteiger partial charge is 0.383 e. The van der Waals surface area contributed by atoms with Crippen LogP contribution in [0.4, 0.5) is 23.4 Å². The molecular weight excluding hydrogens is 452 g/mol. The van der Waals surface area contributed by atoms with Gasteiger partial charge in [-0.05, 0) is 19.1 Å². The van der Waals surface area contributed by atoms with E-state index in [2.05, 4.69) is 25.0 Å². The summed E-state index contributed by atoms with van der Waals surface area (Å²) in [4.78, 5) is 15.2. The molecule has 5 rings (SSSR count). The topological polar surface area (TPSA) is 100 Å². The van der Waals surface area contributed by atoms with Crippen LogP contribution in [0.25, 0.3) is 27.8 Å². The Labute approximate surface area is 189 Å². The van der Waals surface area contributed by atoms with E-state index in [1.54, 1.807) is 41.4 Å². The molecule has 0 fully saturated rings. The fraction of sp³-hybridized carbons (Fsp3) is 0.136. The lowest BCUT2D eigenvalue weighted by molar-refractivity contribution is -0.144. The predicted molar refractivity (Wildman–Crippen MR) is 115 cm³/mol. The first-order valence-corrected chi connectivity index (χ1v) is 10.0. The molecule has 8 nitrogen and oxygen atoms in total. The average molecular weight is 468 g/mol. The molecule has 0 amide bonds. The summed E-state index contributed by atoms with van der Waals surface area (Å²) < 4.78 is 56.1. The molecule has 1 atom stereocenters. The van der Waals surface area contributed by atoms with E-state index >= 15 is 0 Å². The summed E-state index contributed by atoms with van der Waals surface area (Å²) in [6.07, 6.45) is 3.82. The number of rotatable bonds is 4. The van der Waals surface area contributed by atoms with Gasteiger partial charge in [-0.3, -0.25) is 0 Å². The van der Waals surface area contributed by atoms with Crippen LogP contribution in [0, 0.1) is 5.82 Å². The van der Waals surface area contributed by atoms with Crippen molar-refractivity contribution in [1.29, 1.82) is 0 Å².